The van der Waals surface area contributed by atoms with Crippen LogP contribution in [-0.4, -0.2) is 43.2 Å². The number of benzene rings is 1. The van der Waals surface area contributed by atoms with Crippen LogP contribution in [0.15, 0.2) is 36.4 Å². The van der Waals surface area contributed by atoms with Crippen molar-refractivity contribution < 1.29 is 13.9 Å². The molecule has 3 rings (SSSR count). The lowest BCUT2D eigenvalue weighted by atomic mass is 9.99. The number of aryl methyl sites for hydroxylation is 1. The second-order valence-corrected chi connectivity index (χ2v) is 7.25. The molecule has 4 N–H and O–H groups in total. The van der Waals surface area contributed by atoms with E-state index < -0.39 is 0 Å². The summed E-state index contributed by atoms with van der Waals surface area (Å²) in [5.41, 5.74) is 8.57. The molecule has 0 radical (unpaired) electrons. The first-order chi connectivity index (χ1) is 13.5. The number of nitrogens with one attached hydrogen (secondary N) is 2. The van der Waals surface area contributed by atoms with Gasteiger partial charge in [0.2, 0.25) is 5.91 Å². The first kappa shape index (κ1) is 20.2. The number of pyridine rings is 1. The van der Waals surface area contributed by atoms with Crippen LogP contribution in [0, 0.1) is 18.7 Å². The standard InChI is InChI=1S/C21H27FN4O2/c1-14-7-18(26-20(23)8-14)11-16-12-24-13-19(16)28-6-5-25-21(27)10-15-3-2-4-17(22)9-15/h2-4,7-9,16,19,24H,5-6,10-13H2,1H3,(H2,23,26)(H,25,27)/t16-,19+/m1/s1. The van der Waals surface area contributed by atoms with E-state index in [0.717, 1.165) is 30.8 Å². The number of nitrogens with two attached hydrogens (primary N) is 1. The minimum absolute atomic E-state index is 0.0728. The van der Waals surface area contributed by atoms with E-state index in [-0.39, 0.29) is 24.2 Å². The first-order valence-electron chi connectivity index (χ1n) is 9.56. The fourth-order valence-corrected chi connectivity index (χ4v) is 3.54. The molecule has 1 aromatic heterocycles. The average Bonchev–Trinajstić information content (AvgIpc) is 3.05. The summed E-state index contributed by atoms with van der Waals surface area (Å²) in [5, 5.41) is 6.17. The maximum Gasteiger partial charge on any atom is 0.224 e. The van der Waals surface area contributed by atoms with Crippen LogP contribution in [0.4, 0.5) is 10.2 Å². The van der Waals surface area contributed by atoms with E-state index in [2.05, 4.69) is 21.7 Å². The van der Waals surface area contributed by atoms with Crippen molar-refractivity contribution in [2.45, 2.75) is 25.9 Å². The molecule has 7 heteroatoms. The summed E-state index contributed by atoms with van der Waals surface area (Å²) in [6.45, 7) is 4.51. The van der Waals surface area contributed by atoms with Crippen molar-refractivity contribution in [3.05, 3.63) is 59.0 Å². The molecule has 1 aromatic carbocycles. The largest absolute Gasteiger partial charge is 0.384 e. The average molecular weight is 386 g/mol. The molecule has 2 atom stereocenters. The quantitative estimate of drug-likeness (QED) is 0.600. The normalized spacial score (nSPS) is 18.9. The van der Waals surface area contributed by atoms with Crippen molar-refractivity contribution in [1.82, 2.24) is 15.6 Å². The Bertz CT molecular complexity index is 794. The van der Waals surface area contributed by atoms with Crippen molar-refractivity contribution in [3.8, 4) is 0 Å². The van der Waals surface area contributed by atoms with Crippen molar-refractivity contribution in [3.63, 3.8) is 0 Å². The molecule has 0 saturated carbocycles. The Morgan fingerprint density at radius 3 is 3.00 bits per heavy atom. The van der Waals surface area contributed by atoms with Gasteiger partial charge in [0.1, 0.15) is 11.6 Å². The van der Waals surface area contributed by atoms with E-state index in [1.807, 2.05) is 13.0 Å². The Balaban J connectivity index is 1.40. The molecule has 1 saturated heterocycles. The highest BCUT2D eigenvalue weighted by Crippen LogP contribution is 2.19. The Morgan fingerprint density at radius 1 is 1.36 bits per heavy atom. The Kier molecular flexibility index (Phi) is 6.95. The molecule has 2 aromatic rings. The number of hydrogen-bond donors (Lipinski definition) is 3. The van der Waals surface area contributed by atoms with Gasteiger partial charge in [-0.3, -0.25) is 4.79 Å². The SMILES string of the molecule is Cc1cc(N)nc(C[C@@H]2CNC[C@@H]2OCCNC(=O)Cc2cccc(F)c2)c1. The summed E-state index contributed by atoms with van der Waals surface area (Å²) in [6.07, 6.45) is 1.03. The third-order valence-corrected chi connectivity index (χ3v) is 4.80. The summed E-state index contributed by atoms with van der Waals surface area (Å²) in [4.78, 5) is 16.4. The van der Waals surface area contributed by atoms with Crippen LogP contribution in [0.25, 0.3) is 0 Å². The Hall–Kier alpha value is -2.51. The minimum atomic E-state index is -0.335. The van der Waals surface area contributed by atoms with Gasteiger partial charge in [0.05, 0.1) is 19.1 Å². The number of halogens is 1. The van der Waals surface area contributed by atoms with Gasteiger partial charge in [0.15, 0.2) is 0 Å². The van der Waals surface area contributed by atoms with Crippen molar-refractivity contribution in [2.24, 2.45) is 5.92 Å². The zero-order valence-electron chi connectivity index (χ0n) is 16.1. The fourth-order valence-electron chi connectivity index (χ4n) is 3.54. The van der Waals surface area contributed by atoms with Gasteiger partial charge in [-0.2, -0.15) is 0 Å². The third kappa shape index (κ3) is 6.00. The molecule has 0 spiro atoms. The summed E-state index contributed by atoms with van der Waals surface area (Å²) >= 11 is 0. The monoisotopic (exact) mass is 386 g/mol. The zero-order chi connectivity index (χ0) is 19.9. The number of anilines is 1. The minimum Gasteiger partial charge on any atom is -0.384 e. The van der Waals surface area contributed by atoms with Gasteiger partial charge in [0, 0.05) is 31.2 Å². The zero-order valence-corrected chi connectivity index (χ0v) is 16.1. The lowest BCUT2D eigenvalue weighted by molar-refractivity contribution is -0.120. The highest BCUT2D eigenvalue weighted by Gasteiger charge is 2.28. The molecule has 0 bridgehead atoms. The molecular weight excluding hydrogens is 359 g/mol. The predicted molar refractivity (Wildman–Crippen MR) is 106 cm³/mol. The lowest BCUT2D eigenvalue weighted by Gasteiger charge is -2.19. The number of nitrogen functional groups attached to an aromatic ring is 1. The molecule has 0 unspecified atom stereocenters. The molecule has 6 nitrogen and oxygen atoms in total. The molecule has 1 aliphatic heterocycles. The molecule has 28 heavy (non-hydrogen) atoms. The van der Waals surface area contributed by atoms with Crippen molar-refractivity contribution in [2.75, 3.05) is 32.0 Å². The lowest BCUT2D eigenvalue weighted by Crippen LogP contribution is -2.32. The van der Waals surface area contributed by atoms with Gasteiger partial charge in [-0.15, -0.1) is 0 Å². The number of nitrogens with zero attached hydrogens (tertiary/aromatic N) is 1. The first-order valence-corrected chi connectivity index (χ1v) is 9.56. The van der Waals surface area contributed by atoms with Gasteiger partial charge in [0.25, 0.3) is 0 Å². The number of amides is 1. The van der Waals surface area contributed by atoms with E-state index in [1.165, 1.54) is 12.1 Å². The number of carbonyl (C=O) groups excluding carboxylic acids is 1. The van der Waals surface area contributed by atoms with Crippen LogP contribution < -0.4 is 16.4 Å². The summed E-state index contributed by atoms with van der Waals surface area (Å²) < 4.78 is 19.1. The Labute approximate surface area is 164 Å². The summed E-state index contributed by atoms with van der Waals surface area (Å²) in [6, 6.07) is 9.99. The van der Waals surface area contributed by atoms with Crippen LogP contribution in [0.3, 0.4) is 0 Å². The number of hydrogen-bond acceptors (Lipinski definition) is 5. The fraction of sp³-hybridized carbons (Fsp3) is 0.429. The van der Waals surface area contributed by atoms with Crippen molar-refractivity contribution in [1.29, 1.82) is 0 Å². The van der Waals surface area contributed by atoms with Crippen molar-refractivity contribution >= 4 is 11.7 Å². The van der Waals surface area contributed by atoms with Crippen LogP contribution in [0.1, 0.15) is 16.8 Å². The Morgan fingerprint density at radius 2 is 2.21 bits per heavy atom. The number of rotatable bonds is 8. The predicted octanol–water partition coefficient (Wildman–Crippen LogP) is 1.62. The van der Waals surface area contributed by atoms with Gasteiger partial charge in [-0.25, -0.2) is 9.37 Å². The molecule has 0 aliphatic carbocycles. The van der Waals surface area contributed by atoms with Gasteiger partial charge in [-0.1, -0.05) is 12.1 Å². The summed E-state index contributed by atoms with van der Waals surface area (Å²) in [5.74, 6) is 0.379. The maximum absolute atomic E-state index is 13.2. The topological polar surface area (TPSA) is 89.3 Å². The van der Waals surface area contributed by atoms with E-state index in [9.17, 15) is 9.18 Å². The smallest absolute Gasteiger partial charge is 0.224 e. The highest BCUT2D eigenvalue weighted by atomic mass is 19.1. The number of aromatic nitrogens is 1. The van der Waals surface area contributed by atoms with Crippen LogP contribution in [0.5, 0.6) is 0 Å². The molecule has 2 heterocycles. The van der Waals surface area contributed by atoms with Gasteiger partial charge >= 0.3 is 0 Å². The molecular formula is C21H27FN4O2. The number of carbonyl (C=O) groups is 1. The van der Waals surface area contributed by atoms with Gasteiger partial charge < -0.3 is 21.1 Å². The molecule has 150 valence electrons. The number of ether oxygens (including phenoxy) is 1. The highest BCUT2D eigenvalue weighted by molar-refractivity contribution is 5.78. The maximum atomic E-state index is 13.2. The van der Waals surface area contributed by atoms with Crippen LogP contribution >= 0.6 is 0 Å². The van der Waals surface area contributed by atoms with Crippen LogP contribution in [-0.2, 0) is 22.4 Å². The van der Waals surface area contributed by atoms with E-state index in [4.69, 9.17) is 10.5 Å². The van der Waals surface area contributed by atoms with Crippen LogP contribution in [0.2, 0.25) is 0 Å². The second kappa shape index (κ2) is 9.61. The summed E-state index contributed by atoms with van der Waals surface area (Å²) in [7, 11) is 0. The second-order valence-electron chi connectivity index (χ2n) is 7.25. The molecule has 1 fully saturated rings. The van der Waals surface area contributed by atoms with E-state index >= 15 is 0 Å². The molecule has 1 amide bonds. The van der Waals surface area contributed by atoms with Gasteiger partial charge in [-0.05, 0) is 48.7 Å². The van der Waals surface area contributed by atoms with E-state index in [1.54, 1.807) is 12.1 Å². The molecule has 1 aliphatic rings. The van der Waals surface area contributed by atoms with E-state index in [0.29, 0.717) is 30.5 Å². The third-order valence-electron chi connectivity index (χ3n) is 4.80.